The summed E-state index contributed by atoms with van der Waals surface area (Å²) in [5, 5.41) is 0. The second-order valence-corrected chi connectivity index (χ2v) is 4.98. The van der Waals surface area contributed by atoms with E-state index in [1.54, 1.807) is 18.2 Å². The van der Waals surface area contributed by atoms with Crippen molar-refractivity contribution >= 4 is 16.3 Å². The van der Waals surface area contributed by atoms with Crippen LogP contribution in [0.2, 0.25) is 0 Å². The monoisotopic (exact) mass is 236 g/mol. The molecule has 0 saturated carbocycles. The molecule has 0 saturated heterocycles. The van der Waals surface area contributed by atoms with Crippen molar-refractivity contribution in [2.24, 2.45) is 0 Å². The minimum Gasteiger partial charge on any atom is -0.296 e. The zero-order chi connectivity index (χ0) is 11.6. The molecule has 4 nitrogen and oxygen atoms in total. The minimum atomic E-state index is -3.65. The maximum atomic E-state index is 12.1. The number of aromatic nitrogens is 1. The van der Waals surface area contributed by atoms with Crippen molar-refractivity contribution in [1.29, 1.82) is 0 Å². The molecular weight excluding hydrogens is 227 g/mol. The van der Waals surface area contributed by atoms with E-state index >= 15 is 0 Å². The summed E-state index contributed by atoms with van der Waals surface area (Å²) < 4.78 is 25.1. The van der Waals surface area contributed by atoms with Crippen LogP contribution in [0, 0.1) is 0 Å². The number of hydrogen-bond donors (Lipinski definition) is 0. The van der Waals surface area contributed by atoms with Gasteiger partial charge in [0.1, 0.15) is 0 Å². The van der Waals surface area contributed by atoms with Crippen LogP contribution < -0.4 is 0 Å². The Kier molecular flexibility index (Phi) is 2.62. The van der Waals surface area contributed by atoms with Gasteiger partial charge in [-0.15, -0.1) is 0 Å². The van der Waals surface area contributed by atoms with Crippen molar-refractivity contribution in [2.45, 2.75) is 4.90 Å². The molecule has 82 valence electrons. The summed E-state index contributed by atoms with van der Waals surface area (Å²) in [6.07, 6.45) is 1.87. The van der Waals surface area contributed by atoms with Crippen molar-refractivity contribution < 1.29 is 13.2 Å². The summed E-state index contributed by atoms with van der Waals surface area (Å²) in [5.41, 5.74) is 0.115. The van der Waals surface area contributed by atoms with Crippen LogP contribution in [0.4, 0.5) is 0 Å². The second kappa shape index (κ2) is 3.94. The van der Waals surface area contributed by atoms with E-state index < -0.39 is 10.0 Å². The van der Waals surface area contributed by atoms with Gasteiger partial charge in [0.25, 0.3) is 10.0 Å². The number of benzene rings is 1. The molecule has 16 heavy (non-hydrogen) atoms. The van der Waals surface area contributed by atoms with Crippen LogP contribution in [0.3, 0.4) is 0 Å². The zero-order valence-electron chi connectivity index (χ0n) is 8.28. The Hall–Kier alpha value is -1.88. The lowest BCUT2D eigenvalue weighted by molar-refractivity contribution is 0.111. The molecule has 0 spiro atoms. The molecule has 2 rings (SSSR count). The highest BCUT2D eigenvalue weighted by atomic mass is 32.2. The molecule has 0 amide bonds. The fraction of sp³-hybridized carbons (Fsp3) is 0. The molecule has 5 heteroatoms. The number of carbonyl (C=O) groups is 1. The molecule has 1 aromatic carbocycles. The highest BCUT2D eigenvalue weighted by Gasteiger charge is 2.18. The van der Waals surface area contributed by atoms with Gasteiger partial charge >= 0.3 is 0 Å². The Morgan fingerprint density at radius 3 is 2.31 bits per heavy atom. The Bertz CT molecular complexity index is 599. The van der Waals surface area contributed by atoms with Crippen LogP contribution in [0.1, 0.15) is 10.5 Å². The van der Waals surface area contributed by atoms with Crippen LogP contribution in [-0.2, 0) is 10.0 Å². The van der Waals surface area contributed by atoms with Gasteiger partial charge in [0.2, 0.25) is 0 Å². The van der Waals surface area contributed by atoms with Crippen molar-refractivity contribution in [3.63, 3.8) is 0 Å². The molecule has 2 aromatic rings. The molecule has 1 heterocycles. The van der Waals surface area contributed by atoms with Crippen molar-refractivity contribution in [3.05, 3.63) is 54.4 Å². The molecule has 1 aromatic heterocycles. The van der Waals surface area contributed by atoms with Crippen LogP contribution in [0.5, 0.6) is 0 Å². The van der Waals surface area contributed by atoms with E-state index in [0.717, 1.165) is 3.97 Å². The smallest absolute Gasteiger partial charge is 0.268 e. The van der Waals surface area contributed by atoms with Crippen molar-refractivity contribution in [3.8, 4) is 0 Å². The predicted octanol–water partition coefficient (Wildman–Crippen LogP) is 1.54. The van der Waals surface area contributed by atoms with Gasteiger partial charge in [0.15, 0.2) is 6.29 Å². The molecular formula is C11H9NO3S. The van der Waals surface area contributed by atoms with Crippen LogP contribution in [-0.4, -0.2) is 18.7 Å². The first kappa shape index (κ1) is 10.6. The number of hydrogen-bond acceptors (Lipinski definition) is 3. The van der Waals surface area contributed by atoms with E-state index in [1.807, 2.05) is 0 Å². The van der Waals surface area contributed by atoms with Gasteiger partial charge in [-0.2, -0.15) is 0 Å². The Labute approximate surface area is 93.2 Å². The van der Waals surface area contributed by atoms with E-state index in [-0.39, 0.29) is 10.6 Å². The topological polar surface area (TPSA) is 56.1 Å². The molecule has 0 aliphatic rings. The summed E-state index contributed by atoms with van der Waals surface area (Å²) in [7, 11) is -3.65. The number of aldehydes is 1. The number of carbonyl (C=O) groups excluding carboxylic acids is 1. The number of rotatable bonds is 3. The van der Waals surface area contributed by atoms with Crippen molar-refractivity contribution in [2.75, 3.05) is 0 Å². The van der Waals surface area contributed by atoms with Crippen LogP contribution in [0.25, 0.3) is 0 Å². The fourth-order valence-corrected chi connectivity index (χ4v) is 2.74. The van der Waals surface area contributed by atoms with E-state index in [9.17, 15) is 13.2 Å². The van der Waals surface area contributed by atoms with Gasteiger partial charge in [0, 0.05) is 6.20 Å². The first-order valence-corrected chi connectivity index (χ1v) is 6.03. The summed E-state index contributed by atoms with van der Waals surface area (Å²) in [6.45, 7) is 0. The normalized spacial score (nSPS) is 11.2. The van der Waals surface area contributed by atoms with Gasteiger partial charge in [0.05, 0.1) is 10.6 Å². The molecule has 0 fully saturated rings. The maximum absolute atomic E-state index is 12.1. The molecule has 0 aliphatic carbocycles. The Balaban J connectivity index is 2.61. The third kappa shape index (κ3) is 1.65. The average molecular weight is 236 g/mol. The fourth-order valence-electron chi connectivity index (χ4n) is 1.40. The first-order chi connectivity index (χ1) is 7.66. The van der Waals surface area contributed by atoms with Crippen LogP contribution in [0.15, 0.2) is 53.6 Å². The average Bonchev–Trinajstić information content (AvgIpc) is 2.79. The SMILES string of the molecule is O=[13CH]c1cccn1S(=O)(=O)c1ccccc1. The first-order valence-electron chi connectivity index (χ1n) is 4.59. The highest BCUT2D eigenvalue weighted by Crippen LogP contribution is 2.14. The molecule has 0 bridgehead atoms. The van der Waals surface area contributed by atoms with Gasteiger partial charge in [-0.05, 0) is 24.3 Å². The van der Waals surface area contributed by atoms with Gasteiger partial charge in [-0.1, -0.05) is 18.2 Å². The summed E-state index contributed by atoms with van der Waals surface area (Å²) in [4.78, 5) is 10.8. The van der Waals surface area contributed by atoms with Gasteiger partial charge < -0.3 is 0 Å². The zero-order valence-corrected chi connectivity index (χ0v) is 9.09. The summed E-state index contributed by atoms with van der Waals surface area (Å²) >= 11 is 0. The Morgan fingerprint density at radius 2 is 1.69 bits per heavy atom. The van der Waals surface area contributed by atoms with Crippen molar-refractivity contribution in [1.82, 2.24) is 3.97 Å². The van der Waals surface area contributed by atoms with E-state index in [2.05, 4.69) is 0 Å². The molecule has 0 unspecified atom stereocenters. The van der Waals surface area contributed by atoms with Gasteiger partial charge in [-0.3, -0.25) is 4.79 Å². The third-order valence-electron chi connectivity index (χ3n) is 2.16. The molecule has 0 aliphatic heterocycles. The van der Waals surface area contributed by atoms with E-state index in [4.69, 9.17) is 0 Å². The number of nitrogens with zero attached hydrogens (tertiary/aromatic N) is 1. The lowest BCUT2D eigenvalue weighted by Crippen LogP contribution is -2.14. The maximum Gasteiger partial charge on any atom is 0.268 e. The second-order valence-electron chi connectivity index (χ2n) is 3.16. The molecule has 0 N–H and O–H groups in total. The lowest BCUT2D eigenvalue weighted by atomic mass is 10.4. The summed E-state index contributed by atoms with van der Waals surface area (Å²) in [5.74, 6) is 0. The highest BCUT2D eigenvalue weighted by molar-refractivity contribution is 7.90. The minimum absolute atomic E-state index is 0.115. The quantitative estimate of drug-likeness (QED) is 0.600. The summed E-state index contributed by atoms with van der Waals surface area (Å²) in [6, 6.07) is 11.0. The standard InChI is InChI=1S/C11H9NO3S/c13-9-10-5-4-8-12(10)16(14,15)11-6-2-1-3-7-11/h1-9H/i9+1. The Morgan fingerprint density at radius 1 is 1.00 bits per heavy atom. The van der Waals surface area contributed by atoms with E-state index in [0.29, 0.717) is 6.29 Å². The lowest BCUT2D eigenvalue weighted by Gasteiger charge is -2.06. The third-order valence-corrected chi connectivity index (χ3v) is 3.88. The molecule has 0 radical (unpaired) electrons. The predicted molar refractivity (Wildman–Crippen MR) is 58.8 cm³/mol. The largest absolute Gasteiger partial charge is 0.296 e. The van der Waals surface area contributed by atoms with E-state index in [1.165, 1.54) is 30.5 Å². The van der Waals surface area contributed by atoms with Gasteiger partial charge in [-0.25, -0.2) is 12.4 Å². The van der Waals surface area contributed by atoms with Crippen LogP contribution >= 0.6 is 0 Å². The molecule has 0 atom stereocenters.